The van der Waals surface area contributed by atoms with E-state index in [1.54, 1.807) is 6.33 Å². The van der Waals surface area contributed by atoms with Crippen LogP contribution in [0.5, 0.6) is 0 Å². The average molecular weight is 278 g/mol. The lowest BCUT2D eigenvalue weighted by molar-refractivity contribution is 0.263. The maximum atomic E-state index is 9.07. The van der Waals surface area contributed by atoms with Gasteiger partial charge < -0.3 is 15.3 Å². The van der Waals surface area contributed by atoms with E-state index in [4.69, 9.17) is 5.11 Å². The van der Waals surface area contributed by atoms with Crippen LogP contribution in [0, 0.1) is 5.92 Å². The zero-order chi connectivity index (χ0) is 14.4. The molecule has 0 bridgehead atoms. The highest BCUT2D eigenvalue weighted by molar-refractivity contribution is 5.59. The number of aliphatic hydroxyl groups is 1. The summed E-state index contributed by atoms with van der Waals surface area (Å²) in [5.74, 6) is 2.64. The van der Waals surface area contributed by atoms with E-state index in [0.29, 0.717) is 5.92 Å². The molecule has 1 atom stereocenters. The fraction of sp³-hybridized carbons (Fsp3) is 0.733. The largest absolute Gasteiger partial charge is 0.396 e. The Kier molecular flexibility index (Phi) is 5.59. The summed E-state index contributed by atoms with van der Waals surface area (Å²) in [5.41, 5.74) is 1.21. The second-order valence-electron chi connectivity index (χ2n) is 5.42. The molecule has 0 saturated carbocycles. The quantitative estimate of drug-likeness (QED) is 0.799. The highest BCUT2D eigenvalue weighted by atomic mass is 16.3. The van der Waals surface area contributed by atoms with Crippen LogP contribution in [0.15, 0.2) is 6.33 Å². The van der Waals surface area contributed by atoms with E-state index >= 15 is 0 Å². The second kappa shape index (κ2) is 7.43. The van der Waals surface area contributed by atoms with Crippen LogP contribution in [0.25, 0.3) is 0 Å². The van der Waals surface area contributed by atoms with Crippen molar-refractivity contribution < 1.29 is 5.11 Å². The molecule has 1 fully saturated rings. The highest BCUT2D eigenvalue weighted by Crippen LogP contribution is 2.29. The molecule has 0 amide bonds. The van der Waals surface area contributed by atoms with Crippen LogP contribution in [0.2, 0.25) is 0 Å². The Bertz CT molecular complexity index is 424. The van der Waals surface area contributed by atoms with Crippen molar-refractivity contribution in [3.8, 4) is 0 Å². The topological polar surface area (TPSA) is 61.3 Å². The number of aromatic nitrogens is 2. The van der Waals surface area contributed by atoms with E-state index in [-0.39, 0.29) is 6.61 Å². The summed E-state index contributed by atoms with van der Waals surface area (Å²) in [7, 11) is 0. The van der Waals surface area contributed by atoms with Crippen molar-refractivity contribution in [3.05, 3.63) is 11.9 Å². The SMILES string of the molecule is CCCNc1ncnc(N2CCC(CCO)C2)c1CC. The van der Waals surface area contributed by atoms with Gasteiger partial charge in [-0.1, -0.05) is 13.8 Å². The zero-order valence-electron chi connectivity index (χ0n) is 12.6. The lowest BCUT2D eigenvalue weighted by Gasteiger charge is -2.22. The first-order chi connectivity index (χ1) is 9.80. The van der Waals surface area contributed by atoms with Gasteiger partial charge in [-0.3, -0.25) is 0 Å². The van der Waals surface area contributed by atoms with Crippen LogP contribution in [0.3, 0.4) is 0 Å². The Morgan fingerprint density at radius 1 is 1.40 bits per heavy atom. The molecule has 2 heterocycles. The third-order valence-corrected chi connectivity index (χ3v) is 3.94. The summed E-state index contributed by atoms with van der Waals surface area (Å²) in [6, 6.07) is 0. The number of nitrogens with one attached hydrogen (secondary N) is 1. The summed E-state index contributed by atoms with van der Waals surface area (Å²) in [4.78, 5) is 11.2. The molecule has 1 aliphatic rings. The number of rotatable bonds is 7. The molecule has 2 rings (SSSR count). The predicted molar refractivity (Wildman–Crippen MR) is 82.2 cm³/mol. The minimum absolute atomic E-state index is 0.284. The first-order valence-corrected chi connectivity index (χ1v) is 7.73. The minimum atomic E-state index is 0.284. The number of nitrogens with zero attached hydrogens (tertiary/aromatic N) is 3. The molecule has 2 N–H and O–H groups in total. The Balaban J connectivity index is 2.15. The van der Waals surface area contributed by atoms with Gasteiger partial charge in [0, 0.05) is 31.8 Å². The molecule has 112 valence electrons. The van der Waals surface area contributed by atoms with Crippen LogP contribution < -0.4 is 10.2 Å². The van der Waals surface area contributed by atoms with Crippen molar-refractivity contribution in [1.29, 1.82) is 0 Å². The van der Waals surface area contributed by atoms with Gasteiger partial charge in [0.15, 0.2) is 0 Å². The van der Waals surface area contributed by atoms with Crippen LogP contribution in [0.1, 0.15) is 38.7 Å². The first kappa shape index (κ1) is 15.0. The summed E-state index contributed by atoms with van der Waals surface area (Å²) in [6.07, 6.45) is 5.72. The number of hydrogen-bond acceptors (Lipinski definition) is 5. The third-order valence-electron chi connectivity index (χ3n) is 3.94. The van der Waals surface area contributed by atoms with Crippen molar-refractivity contribution in [1.82, 2.24) is 9.97 Å². The average Bonchev–Trinajstić information content (AvgIpc) is 2.93. The molecule has 0 aliphatic carbocycles. The van der Waals surface area contributed by atoms with E-state index in [0.717, 1.165) is 57.0 Å². The van der Waals surface area contributed by atoms with Gasteiger partial charge in [-0.2, -0.15) is 0 Å². The van der Waals surface area contributed by atoms with Crippen LogP contribution in [0.4, 0.5) is 11.6 Å². The molecule has 0 radical (unpaired) electrons. The van der Waals surface area contributed by atoms with Crippen molar-refractivity contribution in [2.24, 2.45) is 5.92 Å². The van der Waals surface area contributed by atoms with Crippen LogP contribution >= 0.6 is 0 Å². The molecular formula is C15H26N4O. The smallest absolute Gasteiger partial charge is 0.137 e. The Hall–Kier alpha value is -1.36. The number of hydrogen-bond donors (Lipinski definition) is 2. The monoisotopic (exact) mass is 278 g/mol. The molecule has 0 aromatic carbocycles. The van der Waals surface area contributed by atoms with Crippen molar-refractivity contribution >= 4 is 11.6 Å². The Morgan fingerprint density at radius 3 is 2.95 bits per heavy atom. The van der Waals surface area contributed by atoms with Gasteiger partial charge in [0.2, 0.25) is 0 Å². The third kappa shape index (κ3) is 3.39. The van der Waals surface area contributed by atoms with Gasteiger partial charge in [0.05, 0.1) is 0 Å². The lowest BCUT2D eigenvalue weighted by atomic mass is 10.1. The van der Waals surface area contributed by atoms with Crippen molar-refractivity contribution in [3.63, 3.8) is 0 Å². The number of anilines is 2. The van der Waals surface area contributed by atoms with Gasteiger partial charge >= 0.3 is 0 Å². The van der Waals surface area contributed by atoms with Gasteiger partial charge in [-0.05, 0) is 31.6 Å². The Labute approximate surface area is 121 Å². The van der Waals surface area contributed by atoms with E-state index in [2.05, 4.69) is 34.0 Å². The van der Waals surface area contributed by atoms with Gasteiger partial charge in [-0.25, -0.2) is 9.97 Å². The summed E-state index contributed by atoms with van der Waals surface area (Å²) in [5, 5.41) is 12.5. The minimum Gasteiger partial charge on any atom is -0.396 e. The molecule has 1 unspecified atom stereocenters. The normalized spacial score (nSPS) is 18.6. The Morgan fingerprint density at radius 2 is 2.25 bits per heavy atom. The fourth-order valence-electron chi connectivity index (χ4n) is 2.84. The van der Waals surface area contributed by atoms with Gasteiger partial charge in [0.1, 0.15) is 18.0 Å². The maximum Gasteiger partial charge on any atom is 0.137 e. The molecule has 5 nitrogen and oxygen atoms in total. The van der Waals surface area contributed by atoms with Crippen LogP contribution in [-0.4, -0.2) is 41.3 Å². The van der Waals surface area contributed by atoms with Crippen molar-refractivity contribution in [2.75, 3.05) is 36.5 Å². The predicted octanol–water partition coefficient (Wildman–Crippen LogP) is 2.07. The summed E-state index contributed by atoms with van der Waals surface area (Å²) < 4.78 is 0. The van der Waals surface area contributed by atoms with Crippen molar-refractivity contribution in [2.45, 2.75) is 39.5 Å². The molecule has 1 saturated heterocycles. The van der Waals surface area contributed by atoms with Crippen LogP contribution in [-0.2, 0) is 6.42 Å². The zero-order valence-corrected chi connectivity index (χ0v) is 12.6. The molecule has 20 heavy (non-hydrogen) atoms. The summed E-state index contributed by atoms with van der Waals surface area (Å²) >= 11 is 0. The second-order valence-corrected chi connectivity index (χ2v) is 5.42. The van der Waals surface area contributed by atoms with E-state index in [9.17, 15) is 0 Å². The van der Waals surface area contributed by atoms with E-state index < -0.39 is 0 Å². The number of aliphatic hydroxyl groups excluding tert-OH is 1. The molecule has 1 aromatic heterocycles. The fourth-order valence-corrected chi connectivity index (χ4v) is 2.84. The summed E-state index contributed by atoms with van der Waals surface area (Å²) in [6.45, 7) is 7.56. The van der Waals surface area contributed by atoms with E-state index in [1.165, 1.54) is 5.56 Å². The molecule has 0 spiro atoms. The highest BCUT2D eigenvalue weighted by Gasteiger charge is 2.25. The van der Waals surface area contributed by atoms with Gasteiger partial charge in [-0.15, -0.1) is 0 Å². The lowest BCUT2D eigenvalue weighted by Crippen LogP contribution is -2.23. The standard InChI is InChI=1S/C15H26N4O/c1-3-7-16-14-13(4-2)15(18-11-17-14)19-8-5-12(10-19)6-9-20/h11-12,20H,3-10H2,1-2H3,(H,16,17,18). The molecular weight excluding hydrogens is 252 g/mol. The molecule has 5 heteroatoms. The maximum absolute atomic E-state index is 9.07. The van der Waals surface area contributed by atoms with Gasteiger partial charge in [0.25, 0.3) is 0 Å². The molecule has 1 aliphatic heterocycles. The molecule has 1 aromatic rings. The first-order valence-electron chi connectivity index (χ1n) is 7.73. The van der Waals surface area contributed by atoms with E-state index in [1.807, 2.05) is 0 Å².